The van der Waals surface area contributed by atoms with E-state index in [2.05, 4.69) is 17.0 Å². The van der Waals surface area contributed by atoms with Crippen molar-refractivity contribution in [2.45, 2.75) is 44.0 Å². The van der Waals surface area contributed by atoms with Crippen LogP contribution in [0.25, 0.3) is 10.8 Å². The lowest BCUT2D eigenvalue weighted by molar-refractivity contribution is -0.114. The summed E-state index contributed by atoms with van der Waals surface area (Å²) < 4.78 is 28.4. The van der Waals surface area contributed by atoms with Crippen molar-refractivity contribution in [2.24, 2.45) is 5.73 Å². The van der Waals surface area contributed by atoms with Gasteiger partial charge in [-0.15, -0.1) is 0 Å². The normalized spacial score (nSPS) is 12.9. The second kappa shape index (κ2) is 8.42. The van der Waals surface area contributed by atoms with Gasteiger partial charge in [0.2, 0.25) is 15.9 Å². The van der Waals surface area contributed by atoms with Crippen molar-refractivity contribution in [1.82, 2.24) is 4.72 Å². The molecule has 1 unspecified atom stereocenters. The number of fused-ring (bicyclic) bond motifs is 1. The Labute approximate surface area is 148 Å². The summed E-state index contributed by atoms with van der Waals surface area (Å²) in [6.07, 6.45) is 2.59. The van der Waals surface area contributed by atoms with E-state index in [1.807, 2.05) is 0 Å². The van der Waals surface area contributed by atoms with Crippen molar-refractivity contribution in [2.75, 3.05) is 11.9 Å². The van der Waals surface area contributed by atoms with Crippen molar-refractivity contribution < 1.29 is 13.2 Å². The third kappa shape index (κ3) is 4.78. The Bertz CT molecular complexity index is 850. The zero-order chi connectivity index (χ0) is 18.4. The Balaban J connectivity index is 2.44. The molecule has 0 aliphatic heterocycles. The number of anilines is 1. The van der Waals surface area contributed by atoms with Gasteiger partial charge in [0.25, 0.3) is 0 Å². The van der Waals surface area contributed by atoms with Gasteiger partial charge < -0.3 is 11.1 Å². The molecule has 136 valence electrons. The third-order valence-corrected chi connectivity index (χ3v) is 5.58. The lowest BCUT2D eigenvalue weighted by Crippen LogP contribution is -2.40. The molecule has 0 heterocycles. The first-order valence-corrected chi connectivity index (χ1v) is 9.89. The molecule has 0 spiro atoms. The number of nitrogens with two attached hydrogens (primary N) is 1. The number of sulfonamides is 1. The predicted molar refractivity (Wildman–Crippen MR) is 101 cm³/mol. The van der Waals surface area contributed by atoms with E-state index in [0.717, 1.165) is 12.8 Å². The molecule has 0 aliphatic carbocycles. The average molecular weight is 363 g/mol. The Morgan fingerprint density at radius 3 is 2.44 bits per heavy atom. The number of carbonyl (C=O) groups is 1. The van der Waals surface area contributed by atoms with E-state index >= 15 is 0 Å². The summed E-state index contributed by atoms with van der Waals surface area (Å²) in [6, 6.07) is 9.94. The Morgan fingerprint density at radius 1 is 1.16 bits per heavy atom. The minimum absolute atomic E-state index is 0.187. The van der Waals surface area contributed by atoms with Crippen LogP contribution in [0.4, 0.5) is 5.69 Å². The van der Waals surface area contributed by atoms with Crippen LogP contribution in [0.2, 0.25) is 0 Å². The van der Waals surface area contributed by atoms with Gasteiger partial charge in [-0.3, -0.25) is 4.79 Å². The highest BCUT2D eigenvalue weighted by atomic mass is 32.2. The molecule has 7 heteroatoms. The lowest BCUT2D eigenvalue weighted by Gasteiger charge is -2.18. The van der Waals surface area contributed by atoms with Gasteiger partial charge in [-0.05, 0) is 18.6 Å². The smallest absolute Gasteiger partial charge is 0.241 e. The zero-order valence-electron chi connectivity index (χ0n) is 14.6. The van der Waals surface area contributed by atoms with E-state index < -0.39 is 10.0 Å². The van der Waals surface area contributed by atoms with Gasteiger partial charge in [-0.1, -0.05) is 44.0 Å². The monoisotopic (exact) mass is 363 g/mol. The SMILES string of the molecule is CCCCC(CN)NS(=O)(=O)c1ccc(NC(C)=O)c2ccccc12. The van der Waals surface area contributed by atoms with Crippen LogP contribution in [0, 0.1) is 0 Å². The zero-order valence-corrected chi connectivity index (χ0v) is 15.4. The van der Waals surface area contributed by atoms with Crippen molar-refractivity contribution >= 4 is 32.4 Å². The van der Waals surface area contributed by atoms with E-state index in [1.165, 1.54) is 13.0 Å². The molecule has 0 fully saturated rings. The maximum atomic E-state index is 12.9. The highest BCUT2D eigenvalue weighted by Gasteiger charge is 2.22. The van der Waals surface area contributed by atoms with Crippen LogP contribution in [-0.4, -0.2) is 26.9 Å². The molecule has 2 aromatic carbocycles. The summed E-state index contributed by atoms with van der Waals surface area (Å²) in [6.45, 7) is 3.72. The summed E-state index contributed by atoms with van der Waals surface area (Å²) in [4.78, 5) is 11.6. The number of carbonyl (C=O) groups excluding carboxylic acids is 1. The Morgan fingerprint density at radius 2 is 1.84 bits per heavy atom. The fraction of sp³-hybridized carbons (Fsp3) is 0.389. The molecule has 1 atom stereocenters. The number of hydrogen-bond donors (Lipinski definition) is 3. The second-order valence-corrected chi connectivity index (χ2v) is 7.72. The van der Waals surface area contributed by atoms with Crippen molar-refractivity contribution in [3.05, 3.63) is 36.4 Å². The second-order valence-electron chi connectivity index (χ2n) is 6.03. The highest BCUT2D eigenvalue weighted by molar-refractivity contribution is 7.89. The quantitative estimate of drug-likeness (QED) is 0.671. The third-order valence-electron chi connectivity index (χ3n) is 4.00. The number of rotatable bonds is 8. The molecule has 0 bridgehead atoms. The molecule has 0 aromatic heterocycles. The maximum Gasteiger partial charge on any atom is 0.241 e. The lowest BCUT2D eigenvalue weighted by atomic mass is 10.1. The predicted octanol–water partition coefficient (Wildman–Crippen LogP) is 2.59. The highest BCUT2D eigenvalue weighted by Crippen LogP contribution is 2.29. The standard InChI is InChI=1S/C18H25N3O3S/c1-3-4-7-14(12-19)21-25(23,24)18-11-10-17(20-13(2)22)15-8-5-6-9-16(15)18/h5-6,8-11,14,21H,3-4,7,12,19H2,1-2H3,(H,20,22). The minimum atomic E-state index is -3.72. The van der Waals surface area contributed by atoms with Crippen LogP contribution in [0.15, 0.2) is 41.3 Å². The van der Waals surface area contributed by atoms with Crippen LogP contribution in [0.3, 0.4) is 0 Å². The summed E-state index contributed by atoms with van der Waals surface area (Å²) >= 11 is 0. The largest absolute Gasteiger partial charge is 0.329 e. The van der Waals surface area contributed by atoms with Gasteiger partial charge in [0.15, 0.2) is 0 Å². The summed E-state index contributed by atoms with van der Waals surface area (Å²) in [5.74, 6) is -0.207. The van der Waals surface area contributed by atoms with Crippen molar-refractivity contribution in [3.8, 4) is 0 Å². The molecule has 2 rings (SSSR count). The fourth-order valence-corrected chi connectivity index (χ4v) is 4.26. The molecular weight excluding hydrogens is 338 g/mol. The molecule has 6 nitrogen and oxygen atoms in total. The fourth-order valence-electron chi connectivity index (χ4n) is 2.76. The Hall–Kier alpha value is -1.96. The molecule has 2 aromatic rings. The van der Waals surface area contributed by atoms with Crippen LogP contribution in [0.1, 0.15) is 33.1 Å². The van der Waals surface area contributed by atoms with Crippen LogP contribution in [-0.2, 0) is 14.8 Å². The van der Waals surface area contributed by atoms with E-state index in [1.54, 1.807) is 30.3 Å². The van der Waals surface area contributed by atoms with E-state index in [4.69, 9.17) is 5.73 Å². The average Bonchev–Trinajstić information content (AvgIpc) is 2.58. The molecule has 0 saturated carbocycles. The van der Waals surface area contributed by atoms with Gasteiger partial charge in [-0.25, -0.2) is 13.1 Å². The van der Waals surface area contributed by atoms with E-state index in [-0.39, 0.29) is 23.4 Å². The number of hydrogen-bond acceptors (Lipinski definition) is 4. The first kappa shape index (κ1) is 19.4. The summed E-state index contributed by atoms with van der Waals surface area (Å²) in [5.41, 5.74) is 6.30. The van der Waals surface area contributed by atoms with Gasteiger partial charge in [-0.2, -0.15) is 0 Å². The molecule has 1 amide bonds. The van der Waals surface area contributed by atoms with E-state index in [9.17, 15) is 13.2 Å². The van der Waals surface area contributed by atoms with Gasteiger partial charge in [0.1, 0.15) is 0 Å². The maximum absolute atomic E-state index is 12.9. The molecule has 0 aliphatic rings. The van der Waals surface area contributed by atoms with Gasteiger partial charge in [0.05, 0.1) is 4.90 Å². The number of amides is 1. The van der Waals surface area contributed by atoms with Gasteiger partial charge in [0, 0.05) is 36.0 Å². The summed E-state index contributed by atoms with van der Waals surface area (Å²) in [7, 11) is -3.72. The number of nitrogens with one attached hydrogen (secondary N) is 2. The molecule has 4 N–H and O–H groups in total. The van der Waals surface area contributed by atoms with Gasteiger partial charge >= 0.3 is 0 Å². The van der Waals surface area contributed by atoms with Crippen LogP contribution < -0.4 is 15.8 Å². The van der Waals surface area contributed by atoms with Crippen LogP contribution >= 0.6 is 0 Å². The molecular formula is C18H25N3O3S. The first-order chi connectivity index (χ1) is 11.9. The van der Waals surface area contributed by atoms with E-state index in [0.29, 0.717) is 22.9 Å². The molecule has 0 saturated heterocycles. The first-order valence-electron chi connectivity index (χ1n) is 8.40. The summed E-state index contributed by atoms with van der Waals surface area (Å²) in [5, 5.41) is 3.97. The number of unbranched alkanes of at least 4 members (excludes halogenated alkanes) is 1. The molecule has 25 heavy (non-hydrogen) atoms. The van der Waals surface area contributed by atoms with Crippen molar-refractivity contribution in [1.29, 1.82) is 0 Å². The number of benzene rings is 2. The topological polar surface area (TPSA) is 101 Å². The minimum Gasteiger partial charge on any atom is -0.329 e. The molecule has 0 radical (unpaired) electrons. The Kier molecular flexibility index (Phi) is 6.52. The van der Waals surface area contributed by atoms with Crippen LogP contribution in [0.5, 0.6) is 0 Å². The van der Waals surface area contributed by atoms with Crippen molar-refractivity contribution in [3.63, 3.8) is 0 Å².